The van der Waals surface area contributed by atoms with E-state index in [1.165, 1.54) is 0 Å². The molecule has 0 spiro atoms. The van der Waals surface area contributed by atoms with E-state index in [-0.39, 0.29) is 0 Å². The highest BCUT2D eigenvalue weighted by atomic mass is 19.4. The number of nitro groups is 1. The summed E-state index contributed by atoms with van der Waals surface area (Å²) in [5, 5.41) is 19.3. The number of ether oxygens (including phenoxy) is 2. The van der Waals surface area contributed by atoms with Crippen LogP contribution in [0.15, 0.2) is 6.20 Å². The van der Waals surface area contributed by atoms with Gasteiger partial charge < -0.3 is 24.7 Å². The Morgan fingerprint density at radius 3 is 2.55 bits per heavy atom. The van der Waals surface area contributed by atoms with Crippen LogP contribution < -0.4 is 9.47 Å². The van der Waals surface area contributed by atoms with Gasteiger partial charge in [-0.15, -0.1) is 13.2 Å². The van der Waals surface area contributed by atoms with Gasteiger partial charge in [-0.1, -0.05) is 0 Å². The predicted molar refractivity (Wildman–Crippen MR) is 55.5 cm³/mol. The number of aromatic nitrogens is 1. The normalized spacial score (nSPS) is 11.0. The van der Waals surface area contributed by atoms with Crippen molar-refractivity contribution >= 4 is 11.8 Å². The van der Waals surface area contributed by atoms with Crippen LogP contribution in [0.3, 0.4) is 0 Å². The summed E-state index contributed by atoms with van der Waals surface area (Å²) in [6, 6.07) is 0. The summed E-state index contributed by atoms with van der Waals surface area (Å²) in [4.78, 5) is 23.5. The van der Waals surface area contributed by atoms with Gasteiger partial charge in [0.2, 0.25) is 5.75 Å². The number of alkyl halides is 3. The van der Waals surface area contributed by atoms with Crippen LogP contribution in [-0.4, -0.2) is 34.5 Å². The minimum atomic E-state index is -5.10. The van der Waals surface area contributed by atoms with Crippen LogP contribution in [0.1, 0.15) is 5.56 Å². The number of carboxylic acids is 1. The summed E-state index contributed by atoms with van der Waals surface area (Å²) < 4.78 is 44.7. The summed E-state index contributed by atoms with van der Waals surface area (Å²) in [5.41, 5.74) is -0.626. The average Bonchev–Trinajstić information content (AvgIpc) is 2.28. The maximum absolute atomic E-state index is 12.2. The zero-order valence-corrected chi connectivity index (χ0v) is 9.80. The van der Waals surface area contributed by atoms with E-state index in [0.717, 1.165) is 7.11 Å². The third-order valence-corrected chi connectivity index (χ3v) is 2.01. The molecule has 20 heavy (non-hydrogen) atoms. The van der Waals surface area contributed by atoms with Crippen LogP contribution in [0.4, 0.5) is 19.0 Å². The van der Waals surface area contributed by atoms with Gasteiger partial charge in [-0.2, -0.15) is 0 Å². The van der Waals surface area contributed by atoms with Gasteiger partial charge >= 0.3 is 18.1 Å². The van der Waals surface area contributed by atoms with Gasteiger partial charge in [0.25, 0.3) is 0 Å². The van der Waals surface area contributed by atoms with Crippen molar-refractivity contribution in [3.05, 3.63) is 21.9 Å². The first-order valence-corrected chi connectivity index (χ1v) is 4.83. The van der Waals surface area contributed by atoms with Crippen molar-refractivity contribution in [1.29, 1.82) is 0 Å². The SMILES string of the molecule is COc1c([N+](=O)[O-])ncc(OC(F)(F)F)c1CC(=O)O. The molecule has 0 atom stereocenters. The summed E-state index contributed by atoms with van der Waals surface area (Å²) in [7, 11) is 0.937. The van der Waals surface area contributed by atoms with Gasteiger partial charge in [-0.3, -0.25) is 4.79 Å². The number of rotatable bonds is 5. The lowest BCUT2D eigenvalue weighted by Crippen LogP contribution is -2.19. The Morgan fingerprint density at radius 1 is 1.55 bits per heavy atom. The van der Waals surface area contributed by atoms with Crippen LogP contribution in [0.2, 0.25) is 0 Å². The van der Waals surface area contributed by atoms with Gasteiger partial charge in [0.1, 0.15) is 0 Å². The lowest BCUT2D eigenvalue weighted by molar-refractivity contribution is -0.390. The molecule has 0 radical (unpaired) electrons. The van der Waals surface area contributed by atoms with E-state index in [0.29, 0.717) is 6.20 Å². The summed E-state index contributed by atoms with van der Waals surface area (Å²) in [6.07, 6.45) is -5.64. The number of hydrogen-bond donors (Lipinski definition) is 1. The first kappa shape index (κ1) is 15.5. The van der Waals surface area contributed by atoms with Gasteiger partial charge in [0, 0.05) is 0 Å². The zero-order valence-electron chi connectivity index (χ0n) is 9.80. The number of nitrogens with zero attached hydrogens (tertiary/aromatic N) is 2. The van der Waals surface area contributed by atoms with E-state index in [2.05, 4.69) is 14.5 Å². The van der Waals surface area contributed by atoms with Gasteiger partial charge in [-0.05, 0) is 9.91 Å². The minimum Gasteiger partial charge on any atom is -0.489 e. The molecule has 0 saturated carbocycles. The summed E-state index contributed by atoms with van der Waals surface area (Å²) >= 11 is 0. The molecule has 0 bridgehead atoms. The first-order valence-electron chi connectivity index (χ1n) is 4.83. The molecule has 0 unspecified atom stereocenters. The molecule has 0 aromatic carbocycles. The zero-order chi connectivity index (χ0) is 15.5. The predicted octanol–water partition coefficient (Wildman–Crippen LogP) is 1.52. The van der Waals surface area contributed by atoms with Crippen molar-refractivity contribution in [2.45, 2.75) is 12.8 Å². The van der Waals surface area contributed by atoms with E-state index < -0.39 is 46.6 Å². The molecular formula is C9H7F3N2O6. The van der Waals surface area contributed by atoms with Crippen LogP contribution in [0, 0.1) is 10.1 Å². The van der Waals surface area contributed by atoms with Crippen molar-refractivity contribution in [3.63, 3.8) is 0 Å². The third-order valence-electron chi connectivity index (χ3n) is 2.01. The first-order chi connectivity index (χ1) is 9.15. The molecule has 0 aliphatic rings. The number of carbonyl (C=O) groups is 1. The van der Waals surface area contributed by atoms with E-state index in [9.17, 15) is 28.1 Å². The molecule has 11 heteroatoms. The molecule has 1 aromatic rings. The monoisotopic (exact) mass is 296 g/mol. The summed E-state index contributed by atoms with van der Waals surface area (Å²) in [5.74, 6) is -4.09. The Kier molecular flexibility index (Phi) is 4.32. The largest absolute Gasteiger partial charge is 0.573 e. The number of carboxylic acid groups (broad SMARTS) is 1. The van der Waals surface area contributed by atoms with Gasteiger partial charge in [0.05, 0.1) is 19.1 Å². The molecule has 1 aromatic heterocycles. The minimum absolute atomic E-state index is 0.423. The molecule has 1 rings (SSSR count). The lowest BCUT2D eigenvalue weighted by Gasteiger charge is -2.13. The van der Waals surface area contributed by atoms with Crippen molar-refractivity contribution in [2.24, 2.45) is 0 Å². The molecular weight excluding hydrogens is 289 g/mol. The van der Waals surface area contributed by atoms with E-state index >= 15 is 0 Å². The highest BCUT2D eigenvalue weighted by Crippen LogP contribution is 2.37. The van der Waals surface area contributed by atoms with Crippen LogP contribution in [0.5, 0.6) is 11.5 Å². The molecule has 110 valence electrons. The average molecular weight is 296 g/mol. The van der Waals surface area contributed by atoms with Gasteiger partial charge in [-0.25, -0.2) is 0 Å². The fourth-order valence-corrected chi connectivity index (χ4v) is 1.38. The molecule has 0 amide bonds. The fraction of sp³-hybridized carbons (Fsp3) is 0.333. The number of halogens is 3. The molecule has 0 aliphatic heterocycles. The quantitative estimate of drug-likeness (QED) is 0.647. The molecule has 1 N–H and O–H groups in total. The molecule has 0 aliphatic carbocycles. The van der Waals surface area contributed by atoms with Crippen molar-refractivity contribution in [2.75, 3.05) is 7.11 Å². The maximum Gasteiger partial charge on any atom is 0.573 e. The van der Waals surface area contributed by atoms with Crippen molar-refractivity contribution < 1.29 is 37.5 Å². The Labute approximate surface area is 108 Å². The second-order valence-electron chi connectivity index (χ2n) is 3.33. The van der Waals surface area contributed by atoms with Crippen LogP contribution >= 0.6 is 0 Å². The highest BCUT2D eigenvalue weighted by molar-refractivity contribution is 5.74. The van der Waals surface area contributed by atoms with Crippen molar-refractivity contribution in [3.8, 4) is 11.5 Å². The topological polar surface area (TPSA) is 112 Å². The number of aliphatic carboxylic acids is 1. The Morgan fingerprint density at radius 2 is 2.15 bits per heavy atom. The van der Waals surface area contributed by atoms with Crippen molar-refractivity contribution in [1.82, 2.24) is 4.98 Å². The fourth-order valence-electron chi connectivity index (χ4n) is 1.38. The van der Waals surface area contributed by atoms with Crippen LogP contribution in [0.25, 0.3) is 0 Å². The number of methoxy groups -OCH3 is 1. The molecule has 1 heterocycles. The second-order valence-corrected chi connectivity index (χ2v) is 3.33. The van der Waals surface area contributed by atoms with E-state index in [1.807, 2.05) is 0 Å². The smallest absolute Gasteiger partial charge is 0.489 e. The lowest BCUT2D eigenvalue weighted by atomic mass is 10.1. The van der Waals surface area contributed by atoms with Crippen LogP contribution in [-0.2, 0) is 11.2 Å². The van der Waals surface area contributed by atoms with E-state index in [1.54, 1.807) is 0 Å². The standard InChI is InChI=1S/C9H7F3N2O6/c1-19-7-4(2-6(15)16)5(20-9(10,11)12)3-13-8(7)14(17)18/h3H,2H2,1H3,(H,15,16). The highest BCUT2D eigenvalue weighted by Gasteiger charge is 2.36. The second kappa shape index (κ2) is 5.59. The summed E-state index contributed by atoms with van der Waals surface area (Å²) in [6.45, 7) is 0. The van der Waals surface area contributed by atoms with Gasteiger partial charge in [0.15, 0.2) is 11.9 Å². The number of pyridine rings is 1. The van der Waals surface area contributed by atoms with E-state index in [4.69, 9.17) is 5.11 Å². The number of hydrogen-bond acceptors (Lipinski definition) is 6. The Balaban J connectivity index is 3.44. The molecule has 8 nitrogen and oxygen atoms in total. The maximum atomic E-state index is 12.2. The Hall–Kier alpha value is -2.59. The molecule has 0 saturated heterocycles. The Bertz CT molecular complexity index is 545. The molecule has 0 fully saturated rings. The third kappa shape index (κ3) is 3.70.